The average Bonchev–Trinajstić information content (AvgIpc) is 2.49. The highest BCUT2D eigenvalue weighted by atomic mass is 16.5. The third-order valence-electron chi connectivity index (χ3n) is 4.34. The fraction of sp³-hybridized carbons (Fsp3) is 0.278. The summed E-state index contributed by atoms with van der Waals surface area (Å²) in [6, 6.07) is 7.58. The van der Waals surface area contributed by atoms with Crippen LogP contribution in [0, 0.1) is 13.8 Å². The minimum absolute atomic E-state index is 0.0442. The smallest absolute Gasteiger partial charge is 0.200 e. The Kier molecular flexibility index (Phi) is 2.58. The van der Waals surface area contributed by atoms with Crippen molar-refractivity contribution in [3.05, 3.63) is 51.2 Å². The molecule has 0 aliphatic carbocycles. The second kappa shape index (κ2) is 4.35. The van der Waals surface area contributed by atoms with Crippen molar-refractivity contribution in [2.24, 2.45) is 0 Å². The molecule has 2 aromatic carbocycles. The van der Waals surface area contributed by atoms with Crippen molar-refractivity contribution in [3.63, 3.8) is 0 Å². The third-order valence-corrected chi connectivity index (χ3v) is 4.34. The highest BCUT2D eigenvalue weighted by Crippen LogP contribution is 2.32. The summed E-state index contributed by atoms with van der Waals surface area (Å²) in [4.78, 5) is 12.7. The number of rotatable bonds is 0. The molecule has 0 saturated heterocycles. The van der Waals surface area contributed by atoms with Gasteiger partial charge in [-0.15, -0.1) is 0 Å². The minimum Gasteiger partial charge on any atom is -0.493 e. The van der Waals surface area contributed by atoms with E-state index in [0.717, 1.165) is 41.9 Å². The maximum absolute atomic E-state index is 12.7. The Labute approximate surface area is 122 Å². The quantitative estimate of drug-likeness (QED) is 0.586. The third kappa shape index (κ3) is 1.77. The molecule has 0 saturated carbocycles. The number of hydrogen-bond acceptors (Lipinski definition) is 3. The van der Waals surface area contributed by atoms with Gasteiger partial charge in [0, 0.05) is 5.56 Å². The van der Waals surface area contributed by atoms with Crippen LogP contribution in [0.15, 0.2) is 33.5 Å². The Morgan fingerprint density at radius 2 is 1.86 bits per heavy atom. The zero-order valence-corrected chi connectivity index (χ0v) is 12.2. The molecule has 0 N–H and O–H groups in total. The molecule has 3 aromatic rings. The summed E-state index contributed by atoms with van der Waals surface area (Å²) in [5.41, 5.74) is 4.66. The van der Waals surface area contributed by atoms with E-state index in [2.05, 4.69) is 0 Å². The largest absolute Gasteiger partial charge is 0.493 e. The van der Waals surface area contributed by atoms with Crippen LogP contribution < -0.4 is 10.2 Å². The summed E-state index contributed by atoms with van der Waals surface area (Å²) >= 11 is 0. The lowest BCUT2D eigenvalue weighted by molar-refractivity contribution is 0.288. The van der Waals surface area contributed by atoms with Crippen molar-refractivity contribution < 1.29 is 9.15 Å². The summed E-state index contributed by atoms with van der Waals surface area (Å²) in [5, 5.41) is 1.30. The first-order valence-corrected chi connectivity index (χ1v) is 7.27. The molecule has 2 heterocycles. The van der Waals surface area contributed by atoms with E-state index in [-0.39, 0.29) is 5.43 Å². The van der Waals surface area contributed by atoms with E-state index in [4.69, 9.17) is 9.15 Å². The van der Waals surface area contributed by atoms with Gasteiger partial charge in [0.25, 0.3) is 0 Å². The van der Waals surface area contributed by atoms with Gasteiger partial charge in [-0.05, 0) is 62.1 Å². The van der Waals surface area contributed by atoms with Gasteiger partial charge in [0.15, 0.2) is 0 Å². The van der Waals surface area contributed by atoms with E-state index in [9.17, 15) is 4.79 Å². The van der Waals surface area contributed by atoms with Crippen LogP contribution in [0.2, 0.25) is 0 Å². The lowest BCUT2D eigenvalue weighted by Crippen LogP contribution is -2.11. The fourth-order valence-corrected chi connectivity index (χ4v) is 3.01. The van der Waals surface area contributed by atoms with Crippen molar-refractivity contribution in [1.82, 2.24) is 0 Å². The van der Waals surface area contributed by atoms with Gasteiger partial charge in [-0.25, -0.2) is 0 Å². The molecular formula is C18H16O3. The second-order valence-electron chi connectivity index (χ2n) is 5.73. The molecule has 1 aliphatic rings. The van der Waals surface area contributed by atoms with Crippen LogP contribution in [-0.4, -0.2) is 6.61 Å². The van der Waals surface area contributed by atoms with Crippen molar-refractivity contribution in [1.29, 1.82) is 0 Å². The molecular weight excluding hydrogens is 264 g/mol. The minimum atomic E-state index is 0.0442. The molecule has 21 heavy (non-hydrogen) atoms. The van der Waals surface area contributed by atoms with E-state index in [0.29, 0.717) is 21.9 Å². The molecule has 0 amide bonds. The average molecular weight is 280 g/mol. The molecule has 0 atom stereocenters. The number of fused-ring (bicyclic) bond motifs is 4. The molecule has 1 aliphatic heterocycles. The molecule has 3 nitrogen and oxygen atoms in total. The lowest BCUT2D eigenvalue weighted by atomic mass is 10.0. The van der Waals surface area contributed by atoms with Gasteiger partial charge < -0.3 is 9.15 Å². The van der Waals surface area contributed by atoms with E-state index in [1.54, 1.807) is 0 Å². The summed E-state index contributed by atoms with van der Waals surface area (Å²) in [6.07, 6.45) is 1.85. The van der Waals surface area contributed by atoms with Crippen molar-refractivity contribution in [3.8, 4) is 5.75 Å². The van der Waals surface area contributed by atoms with Crippen LogP contribution in [0.1, 0.15) is 23.1 Å². The monoisotopic (exact) mass is 280 g/mol. The van der Waals surface area contributed by atoms with E-state index in [1.165, 1.54) is 0 Å². The van der Waals surface area contributed by atoms with E-state index < -0.39 is 0 Å². The first-order chi connectivity index (χ1) is 10.1. The number of ether oxygens (including phenoxy) is 1. The summed E-state index contributed by atoms with van der Waals surface area (Å²) in [6.45, 7) is 4.77. The zero-order chi connectivity index (χ0) is 14.6. The van der Waals surface area contributed by atoms with Gasteiger partial charge in [-0.3, -0.25) is 4.79 Å². The maximum atomic E-state index is 12.7. The Morgan fingerprint density at radius 3 is 2.71 bits per heavy atom. The molecule has 0 radical (unpaired) electrons. The first-order valence-electron chi connectivity index (χ1n) is 7.27. The summed E-state index contributed by atoms with van der Waals surface area (Å²) in [7, 11) is 0. The second-order valence-corrected chi connectivity index (χ2v) is 5.73. The van der Waals surface area contributed by atoms with Gasteiger partial charge in [0.05, 0.1) is 17.4 Å². The molecule has 106 valence electrons. The molecule has 3 heteroatoms. The predicted octanol–water partition coefficient (Wildman–Crippen LogP) is 3.89. The van der Waals surface area contributed by atoms with Gasteiger partial charge in [0.2, 0.25) is 5.43 Å². The van der Waals surface area contributed by atoms with Gasteiger partial charge >= 0.3 is 0 Å². The van der Waals surface area contributed by atoms with Crippen molar-refractivity contribution in [2.75, 3.05) is 6.61 Å². The Bertz CT molecular complexity index is 935. The Hall–Kier alpha value is -2.29. The predicted molar refractivity (Wildman–Crippen MR) is 83.3 cm³/mol. The van der Waals surface area contributed by atoms with Gasteiger partial charge in [-0.2, -0.15) is 0 Å². The van der Waals surface area contributed by atoms with Gasteiger partial charge in [0.1, 0.15) is 16.9 Å². The van der Waals surface area contributed by atoms with Crippen LogP contribution in [-0.2, 0) is 6.42 Å². The van der Waals surface area contributed by atoms with Crippen molar-refractivity contribution in [2.45, 2.75) is 26.7 Å². The van der Waals surface area contributed by atoms with Crippen LogP contribution in [0.25, 0.3) is 21.9 Å². The van der Waals surface area contributed by atoms with E-state index in [1.807, 2.05) is 38.1 Å². The summed E-state index contributed by atoms with van der Waals surface area (Å²) in [5.74, 6) is 0.847. The molecule has 1 aromatic heterocycles. The van der Waals surface area contributed by atoms with Gasteiger partial charge in [-0.1, -0.05) is 0 Å². The molecule has 0 spiro atoms. The molecule has 0 bridgehead atoms. The molecule has 0 fully saturated rings. The van der Waals surface area contributed by atoms with Crippen LogP contribution >= 0.6 is 0 Å². The lowest BCUT2D eigenvalue weighted by Gasteiger charge is -2.18. The number of hydrogen-bond donors (Lipinski definition) is 0. The topological polar surface area (TPSA) is 39.4 Å². The van der Waals surface area contributed by atoms with E-state index >= 15 is 0 Å². The molecule has 0 unspecified atom stereocenters. The Balaban J connectivity index is 2.18. The zero-order valence-electron chi connectivity index (χ0n) is 12.2. The fourth-order valence-electron chi connectivity index (χ4n) is 3.01. The number of benzene rings is 2. The molecule has 4 rings (SSSR count). The van der Waals surface area contributed by atoms with Crippen LogP contribution in [0.5, 0.6) is 5.75 Å². The van der Waals surface area contributed by atoms with Crippen LogP contribution in [0.4, 0.5) is 0 Å². The maximum Gasteiger partial charge on any atom is 0.200 e. The number of aryl methyl sites for hydroxylation is 3. The normalized spacial score (nSPS) is 14.2. The van der Waals surface area contributed by atoms with Crippen molar-refractivity contribution >= 4 is 21.9 Å². The first kappa shape index (κ1) is 12.5. The Morgan fingerprint density at radius 1 is 1.05 bits per heavy atom. The highest BCUT2D eigenvalue weighted by Gasteiger charge is 2.18. The standard InChI is InChI=1S/C18H16O3/c1-10-8-14-16(9-11(10)2)21-18-12-4-3-7-20-15(12)6-5-13(18)17(14)19/h5-6,8-9H,3-4,7H2,1-2H3. The SMILES string of the molecule is Cc1cc2oc3c4c(ccc3c(=O)c2cc1C)OCCC4. The van der Waals surface area contributed by atoms with Crippen LogP contribution in [0.3, 0.4) is 0 Å². The highest BCUT2D eigenvalue weighted by molar-refractivity contribution is 5.92. The summed E-state index contributed by atoms with van der Waals surface area (Å²) < 4.78 is 11.7.